The lowest BCUT2D eigenvalue weighted by molar-refractivity contribution is -0.123. The fourth-order valence-electron chi connectivity index (χ4n) is 3.87. The molecule has 0 aliphatic carbocycles. The second-order valence-electron chi connectivity index (χ2n) is 7.92. The summed E-state index contributed by atoms with van der Waals surface area (Å²) in [5.74, 6) is 0.0203. The van der Waals surface area contributed by atoms with Crippen LogP contribution in [0.4, 0.5) is 11.4 Å². The number of methoxy groups -OCH3 is 1. The number of sulfonamides is 1. The van der Waals surface area contributed by atoms with Gasteiger partial charge in [-0.05, 0) is 56.2 Å². The fraction of sp³-hybridized carbons (Fsp3) is 0.364. The van der Waals surface area contributed by atoms with Crippen LogP contribution in [-0.4, -0.2) is 50.8 Å². The van der Waals surface area contributed by atoms with E-state index in [1.165, 1.54) is 29.6 Å². The van der Waals surface area contributed by atoms with Crippen LogP contribution >= 0.6 is 11.6 Å². The minimum Gasteiger partial charge on any atom is -0.495 e. The van der Waals surface area contributed by atoms with Gasteiger partial charge in [0, 0.05) is 24.0 Å². The van der Waals surface area contributed by atoms with E-state index in [4.69, 9.17) is 21.1 Å². The third kappa shape index (κ3) is 4.78. The number of piperidine rings is 1. The normalized spacial score (nSPS) is 19.2. The number of carbonyl (C=O) groups is 2. The maximum Gasteiger partial charge on any atom is 0.265 e. The Bertz CT molecular complexity index is 1190. The van der Waals surface area contributed by atoms with E-state index in [0.29, 0.717) is 40.7 Å². The maximum atomic E-state index is 13.1. The zero-order chi connectivity index (χ0) is 23.8. The molecule has 1 fully saturated rings. The highest BCUT2D eigenvalue weighted by Crippen LogP contribution is 2.34. The van der Waals surface area contributed by atoms with Crippen LogP contribution in [0.2, 0.25) is 5.02 Å². The molecule has 4 rings (SSSR count). The Balaban J connectivity index is 1.42. The van der Waals surface area contributed by atoms with Crippen LogP contribution in [0.15, 0.2) is 41.3 Å². The van der Waals surface area contributed by atoms with Crippen LogP contribution in [0.5, 0.6) is 11.5 Å². The zero-order valence-electron chi connectivity index (χ0n) is 18.1. The predicted octanol–water partition coefficient (Wildman–Crippen LogP) is 3.11. The van der Waals surface area contributed by atoms with Gasteiger partial charge in [-0.1, -0.05) is 11.6 Å². The van der Waals surface area contributed by atoms with Crippen molar-refractivity contribution < 1.29 is 27.5 Å². The number of benzene rings is 2. The van der Waals surface area contributed by atoms with Crippen molar-refractivity contribution in [1.82, 2.24) is 4.31 Å². The van der Waals surface area contributed by atoms with Crippen molar-refractivity contribution in [2.45, 2.75) is 30.8 Å². The number of rotatable bonds is 5. The highest BCUT2D eigenvalue weighted by Gasteiger charge is 2.33. The van der Waals surface area contributed by atoms with Crippen LogP contribution in [0, 0.1) is 5.92 Å². The molecule has 0 spiro atoms. The Hall–Kier alpha value is -2.82. The van der Waals surface area contributed by atoms with Crippen LogP contribution in [0.3, 0.4) is 0 Å². The number of anilines is 2. The van der Waals surface area contributed by atoms with E-state index in [1.807, 2.05) is 0 Å². The van der Waals surface area contributed by atoms with E-state index in [9.17, 15) is 18.0 Å². The predicted molar refractivity (Wildman–Crippen MR) is 123 cm³/mol. The van der Waals surface area contributed by atoms with Crippen LogP contribution in [-0.2, 0) is 19.6 Å². The minimum absolute atomic E-state index is 0.0614. The summed E-state index contributed by atoms with van der Waals surface area (Å²) in [5, 5.41) is 5.96. The van der Waals surface area contributed by atoms with E-state index in [1.54, 1.807) is 25.1 Å². The quantitative estimate of drug-likeness (QED) is 0.661. The van der Waals surface area contributed by atoms with E-state index in [2.05, 4.69) is 10.6 Å². The topological polar surface area (TPSA) is 114 Å². The summed E-state index contributed by atoms with van der Waals surface area (Å²) in [4.78, 5) is 24.7. The standard InChI is InChI=1S/C22H24ClN3O6S/c1-13-21(27)24-18-12-16(4-6-20(18)32-13)33(29,30)26-9-7-14(8-10-26)22(28)25-17-11-15(23)3-5-19(17)31-2/h3-6,11-14H,7-10H2,1-2H3,(H,24,27)(H,25,28)/t13-/m0/s1. The Morgan fingerprint density at radius 3 is 2.64 bits per heavy atom. The van der Waals surface area contributed by atoms with Crippen molar-refractivity contribution in [1.29, 1.82) is 0 Å². The van der Waals surface area contributed by atoms with Gasteiger partial charge in [0.05, 0.1) is 23.4 Å². The average Bonchev–Trinajstić information content (AvgIpc) is 2.79. The van der Waals surface area contributed by atoms with Crippen molar-refractivity contribution in [3.8, 4) is 11.5 Å². The largest absolute Gasteiger partial charge is 0.495 e. The van der Waals surface area contributed by atoms with Gasteiger partial charge in [0.15, 0.2) is 6.10 Å². The van der Waals surface area contributed by atoms with Gasteiger partial charge in [0.25, 0.3) is 5.91 Å². The molecule has 11 heteroatoms. The Morgan fingerprint density at radius 1 is 1.21 bits per heavy atom. The number of nitrogens with zero attached hydrogens (tertiary/aromatic N) is 1. The van der Waals surface area contributed by atoms with Gasteiger partial charge >= 0.3 is 0 Å². The van der Waals surface area contributed by atoms with Crippen molar-refractivity contribution >= 4 is 44.8 Å². The van der Waals surface area contributed by atoms with Crippen molar-refractivity contribution in [3.63, 3.8) is 0 Å². The second kappa shape index (κ2) is 9.20. The third-order valence-corrected chi connectivity index (χ3v) is 7.89. The first kappa shape index (κ1) is 23.3. The summed E-state index contributed by atoms with van der Waals surface area (Å²) in [6.45, 7) is 2.01. The number of amides is 2. The molecule has 1 saturated heterocycles. The minimum atomic E-state index is -3.79. The highest BCUT2D eigenvalue weighted by molar-refractivity contribution is 7.89. The van der Waals surface area contributed by atoms with Gasteiger partial charge in [0.2, 0.25) is 15.9 Å². The van der Waals surface area contributed by atoms with Gasteiger partial charge < -0.3 is 20.1 Å². The molecule has 0 bridgehead atoms. The zero-order valence-corrected chi connectivity index (χ0v) is 19.7. The van der Waals surface area contributed by atoms with Crippen LogP contribution < -0.4 is 20.1 Å². The number of hydrogen-bond acceptors (Lipinski definition) is 6. The number of ether oxygens (including phenoxy) is 2. The number of hydrogen-bond donors (Lipinski definition) is 2. The third-order valence-electron chi connectivity index (χ3n) is 5.76. The number of halogens is 1. The summed E-state index contributed by atoms with van der Waals surface area (Å²) in [7, 11) is -2.29. The summed E-state index contributed by atoms with van der Waals surface area (Å²) in [6, 6.07) is 9.34. The molecule has 9 nitrogen and oxygen atoms in total. The highest BCUT2D eigenvalue weighted by atomic mass is 35.5. The van der Waals surface area contributed by atoms with E-state index in [0.717, 1.165) is 0 Å². The SMILES string of the molecule is COc1ccc(Cl)cc1NC(=O)C1CCN(S(=O)(=O)c2ccc3c(c2)NC(=O)[C@H](C)O3)CC1. The Morgan fingerprint density at radius 2 is 1.94 bits per heavy atom. The molecule has 0 unspecified atom stereocenters. The molecule has 2 aliphatic heterocycles. The first-order valence-corrected chi connectivity index (χ1v) is 12.3. The van der Waals surface area contributed by atoms with Crippen molar-refractivity contribution in [2.24, 2.45) is 5.92 Å². The lowest BCUT2D eigenvalue weighted by atomic mass is 9.97. The van der Waals surface area contributed by atoms with Crippen molar-refractivity contribution in [2.75, 3.05) is 30.8 Å². The van der Waals surface area contributed by atoms with Gasteiger partial charge in [0.1, 0.15) is 11.5 Å². The molecule has 0 aromatic heterocycles. The molecule has 0 saturated carbocycles. The lowest BCUT2D eigenvalue weighted by Gasteiger charge is -2.31. The summed E-state index contributed by atoms with van der Waals surface area (Å²) >= 11 is 6.02. The number of fused-ring (bicyclic) bond motifs is 1. The first-order valence-electron chi connectivity index (χ1n) is 10.4. The first-order chi connectivity index (χ1) is 15.7. The lowest BCUT2D eigenvalue weighted by Crippen LogP contribution is -2.41. The summed E-state index contributed by atoms with van der Waals surface area (Å²) in [5.41, 5.74) is 0.793. The van der Waals surface area contributed by atoms with Gasteiger partial charge in [-0.15, -0.1) is 0 Å². The molecule has 1 atom stereocenters. The average molecular weight is 494 g/mol. The molecular weight excluding hydrogens is 470 g/mol. The van der Waals surface area contributed by atoms with E-state index >= 15 is 0 Å². The smallest absolute Gasteiger partial charge is 0.265 e. The molecule has 2 heterocycles. The Kier molecular flexibility index (Phi) is 6.51. The number of carbonyl (C=O) groups excluding carboxylic acids is 2. The summed E-state index contributed by atoms with van der Waals surface area (Å²) in [6.07, 6.45) is 0.101. The molecular formula is C22H24ClN3O6S. The second-order valence-corrected chi connectivity index (χ2v) is 10.3. The Labute approximate surface area is 197 Å². The number of nitrogens with one attached hydrogen (secondary N) is 2. The van der Waals surface area contributed by atoms with Gasteiger partial charge in [-0.3, -0.25) is 9.59 Å². The molecule has 2 amide bonds. The molecule has 2 N–H and O–H groups in total. The molecule has 2 aromatic carbocycles. The fourth-order valence-corrected chi connectivity index (χ4v) is 5.54. The van der Waals surface area contributed by atoms with Gasteiger partial charge in [-0.25, -0.2) is 8.42 Å². The molecule has 176 valence electrons. The van der Waals surface area contributed by atoms with E-state index in [-0.39, 0.29) is 35.7 Å². The van der Waals surface area contributed by atoms with Crippen LogP contribution in [0.25, 0.3) is 0 Å². The monoisotopic (exact) mass is 493 g/mol. The molecule has 2 aliphatic rings. The summed E-state index contributed by atoms with van der Waals surface area (Å²) < 4.78 is 38.4. The maximum absolute atomic E-state index is 13.1. The van der Waals surface area contributed by atoms with Crippen molar-refractivity contribution in [3.05, 3.63) is 41.4 Å². The van der Waals surface area contributed by atoms with Gasteiger partial charge in [-0.2, -0.15) is 4.31 Å². The van der Waals surface area contributed by atoms with Crippen LogP contribution in [0.1, 0.15) is 19.8 Å². The molecule has 2 aromatic rings. The molecule has 0 radical (unpaired) electrons. The molecule has 33 heavy (non-hydrogen) atoms. The van der Waals surface area contributed by atoms with E-state index < -0.39 is 16.1 Å².